The molecule has 0 unspecified atom stereocenters. The van der Waals surface area contributed by atoms with Crippen molar-refractivity contribution in [3.63, 3.8) is 0 Å². The Bertz CT molecular complexity index is 1410. The normalized spacial score (nSPS) is 16.2. The second kappa shape index (κ2) is 12.2. The highest BCUT2D eigenvalue weighted by molar-refractivity contribution is 6.33. The van der Waals surface area contributed by atoms with Crippen molar-refractivity contribution in [2.75, 3.05) is 31.7 Å². The average molecular weight is 573 g/mol. The molecule has 40 heavy (non-hydrogen) atoms. The molecule has 2 aromatic heterocycles. The van der Waals surface area contributed by atoms with E-state index in [0.29, 0.717) is 41.0 Å². The Morgan fingerprint density at radius 3 is 2.70 bits per heavy atom. The molecule has 0 saturated carbocycles. The van der Waals surface area contributed by atoms with E-state index in [4.69, 9.17) is 16.3 Å². The number of carbonyl (C=O) groups is 2. The first-order valence-electron chi connectivity index (χ1n) is 12.8. The number of ether oxygens (including phenoxy) is 1. The van der Waals surface area contributed by atoms with Crippen LogP contribution in [0.2, 0.25) is 5.02 Å². The summed E-state index contributed by atoms with van der Waals surface area (Å²) in [5, 5.41) is 15.9. The molecule has 1 saturated heterocycles. The van der Waals surface area contributed by atoms with Crippen LogP contribution in [0.3, 0.4) is 0 Å². The molecule has 0 bridgehead atoms. The van der Waals surface area contributed by atoms with E-state index in [-0.39, 0.29) is 30.7 Å². The third-order valence-corrected chi connectivity index (χ3v) is 7.06. The number of nitrogens with zero attached hydrogens (tertiary/aromatic N) is 4. The van der Waals surface area contributed by atoms with Crippen LogP contribution in [0.25, 0.3) is 11.3 Å². The van der Waals surface area contributed by atoms with E-state index in [1.54, 1.807) is 12.1 Å². The Hall–Kier alpha value is -3.74. The molecule has 4 heterocycles. The smallest absolute Gasteiger partial charge is 0.280 e. The predicted octanol–water partition coefficient (Wildman–Crippen LogP) is 3.53. The Labute approximate surface area is 233 Å². The zero-order valence-electron chi connectivity index (χ0n) is 21.3. The first-order valence-corrected chi connectivity index (χ1v) is 13.1. The quantitative estimate of drug-likeness (QED) is 0.355. The molecule has 1 fully saturated rings. The molecule has 0 spiro atoms. The number of hydrogen-bond donors (Lipinski definition) is 3. The molecular weight excluding hydrogens is 546 g/mol. The SMILES string of the molecule is O=C(CN1Cc2ccc(-c3nc(NC4CCOCC4)ncc3Cl)cc2C1=O)N[C@H](CO)c1cccc(C(F)F)n1. The fourth-order valence-electron chi connectivity index (χ4n) is 4.71. The Kier molecular flexibility index (Phi) is 8.48. The molecule has 1 aromatic carbocycles. The van der Waals surface area contributed by atoms with Crippen LogP contribution in [0.15, 0.2) is 42.6 Å². The van der Waals surface area contributed by atoms with Crippen LogP contribution < -0.4 is 10.6 Å². The zero-order valence-corrected chi connectivity index (χ0v) is 22.1. The summed E-state index contributed by atoms with van der Waals surface area (Å²) in [6.07, 6.45) is 0.416. The number of fused-ring (bicyclic) bond motifs is 1. The van der Waals surface area contributed by atoms with Gasteiger partial charge < -0.3 is 25.4 Å². The summed E-state index contributed by atoms with van der Waals surface area (Å²) in [5.41, 5.74) is 1.90. The summed E-state index contributed by atoms with van der Waals surface area (Å²) in [6, 6.07) is 8.47. The van der Waals surface area contributed by atoms with E-state index < -0.39 is 30.7 Å². The van der Waals surface area contributed by atoms with E-state index in [1.165, 1.54) is 23.2 Å². The summed E-state index contributed by atoms with van der Waals surface area (Å²) >= 11 is 6.41. The number of nitrogens with one attached hydrogen (secondary N) is 2. The van der Waals surface area contributed by atoms with Gasteiger partial charge in [0.2, 0.25) is 11.9 Å². The molecule has 0 radical (unpaired) electrons. The van der Waals surface area contributed by atoms with E-state index in [0.717, 1.165) is 24.5 Å². The molecule has 2 amide bonds. The van der Waals surface area contributed by atoms with Gasteiger partial charge in [-0.3, -0.25) is 9.59 Å². The third-order valence-electron chi connectivity index (χ3n) is 6.79. The largest absolute Gasteiger partial charge is 0.394 e. The van der Waals surface area contributed by atoms with Gasteiger partial charge in [0, 0.05) is 36.9 Å². The monoisotopic (exact) mass is 572 g/mol. The summed E-state index contributed by atoms with van der Waals surface area (Å²) in [6.45, 7) is 0.709. The standard InChI is InChI=1S/C27H27ClF2N6O4/c28-19-11-31-27(32-17-6-8-40-9-7-17)35-24(19)15-4-5-16-12-36(26(39)18(16)10-15)13-23(38)34-22(14-37)20-2-1-3-21(33-20)25(29)30/h1-5,10-11,17,22,25,37H,6-9,12-14H2,(H,34,38)(H,31,32,35)/t22-/m1/s1. The lowest BCUT2D eigenvalue weighted by Gasteiger charge is -2.23. The van der Waals surface area contributed by atoms with Crippen molar-refractivity contribution in [2.24, 2.45) is 0 Å². The molecule has 210 valence electrons. The number of benzene rings is 1. The third kappa shape index (κ3) is 6.19. The Morgan fingerprint density at radius 2 is 1.95 bits per heavy atom. The van der Waals surface area contributed by atoms with Gasteiger partial charge in [0.25, 0.3) is 12.3 Å². The second-order valence-electron chi connectivity index (χ2n) is 9.54. The summed E-state index contributed by atoms with van der Waals surface area (Å²) in [4.78, 5) is 40.0. The summed E-state index contributed by atoms with van der Waals surface area (Å²) in [7, 11) is 0. The number of alkyl halides is 2. The number of aliphatic hydroxyl groups excluding tert-OH is 1. The molecule has 5 rings (SSSR count). The van der Waals surface area contributed by atoms with Crippen molar-refractivity contribution >= 4 is 29.4 Å². The fourth-order valence-corrected chi connectivity index (χ4v) is 4.91. The maximum Gasteiger partial charge on any atom is 0.280 e. The van der Waals surface area contributed by atoms with Crippen LogP contribution in [0.1, 0.15) is 52.6 Å². The number of rotatable bonds is 9. The minimum absolute atomic E-state index is 0.0988. The van der Waals surface area contributed by atoms with Gasteiger partial charge in [-0.1, -0.05) is 29.8 Å². The molecule has 2 aliphatic heterocycles. The van der Waals surface area contributed by atoms with Crippen LogP contribution in [0, 0.1) is 0 Å². The van der Waals surface area contributed by atoms with Crippen LogP contribution in [0.4, 0.5) is 14.7 Å². The summed E-state index contributed by atoms with van der Waals surface area (Å²) in [5.74, 6) is -0.480. The van der Waals surface area contributed by atoms with E-state index in [9.17, 15) is 23.5 Å². The van der Waals surface area contributed by atoms with Gasteiger partial charge in [0.05, 0.1) is 35.3 Å². The van der Waals surface area contributed by atoms with Crippen molar-refractivity contribution in [1.82, 2.24) is 25.2 Å². The molecule has 3 aromatic rings. The number of aromatic nitrogens is 3. The average Bonchev–Trinajstić information content (AvgIpc) is 3.27. The predicted molar refractivity (Wildman–Crippen MR) is 142 cm³/mol. The zero-order chi connectivity index (χ0) is 28.2. The van der Waals surface area contributed by atoms with Crippen molar-refractivity contribution in [1.29, 1.82) is 0 Å². The van der Waals surface area contributed by atoms with Gasteiger partial charge in [-0.25, -0.2) is 23.7 Å². The van der Waals surface area contributed by atoms with Gasteiger partial charge in [0.1, 0.15) is 12.2 Å². The van der Waals surface area contributed by atoms with Gasteiger partial charge in [-0.05, 0) is 36.6 Å². The molecule has 2 aliphatic rings. The minimum Gasteiger partial charge on any atom is -0.394 e. The number of amides is 2. The molecular formula is C27H27ClF2N6O4. The Morgan fingerprint density at radius 1 is 1.18 bits per heavy atom. The molecule has 13 heteroatoms. The summed E-state index contributed by atoms with van der Waals surface area (Å²) < 4.78 is 31.4. The van der Waals surface area contributed by atoms with E-state index >= 15 is 0 Å². The van der Waals surface area contributed by atoms with Crippen molar-refractivity contribution in [2.45, 2.75) is 37.9 Å². The molecule has 3 N–H and O–H groups in total. The Balaban J connectivity index is 1.27. The lowest BCUT2D eigenvalue weighted by atomic mass is 10.0. The first kappa shape index (κ1) is 27.8. The second-order valence-corrected chi connectivity index (χ2v) is 9.95. The maximum absolute atomic E-state index is 13.2. The minimum atomic E-state index is -2.78. The number of hydrogen-bond acceptors (Lipinski definition) is 8. The maximum atomic E-state index is 13.2. The van der Waals surface area contributed by atoms with E-state index in [2.05, 4.69) is 25.6 Å². The van der Waals surface area contributed by atoms with Gasteiger partial charge in [-0.15, -0.1) is 0 Å². The topological polar surface area (TPSA) is 130 Å². The van der Waals surface area contributed by atoms with Crippen LogP contribution in [-0.2, 0) is 16.1 Å². The molecule has 10 nitrogen and oxygen atoms in total. The lowest BCUT2D eigenvalue weighted by molar-refractivity contribution is -0.122. The van der Waals surface area contributed by atoms with Crippen molar-refractivity contribution in [3.05, 3.63) is 70.1 Å². The van der Waals surface area contributed by atoms with Crippen molar-refractivity contribution < 1.29 is 28.2 Å². The van der Waals surface area contributed by atoms with Gasteiger partial charge in [-0.2, -0.15) is 0 Å². The van der Waals surface area contributed by atoms with E-state index in [1.807, 2.05) is 6.07 Å². The highest BCUT2D eigenvalue weighted by Gasteiger charge is 2.30. The molecule has 1 atom stereocenters. The highest BCUT2D eigenvalue weighted by atomic mass is 35.5. The molecule has 0 aliphatic carbocycles. The van der Waals surface area contributed by atoms with Crippen LogP contribution in [-0.4, -0.2) is 69.2 Å². The highest BCUT2D eigenvalue weighted by Crippen LogP contribution is 2.32. The van der Waals surface area contributed by atoms with Gasteiger partial charge in [0.15, 0.2) is 0 Å². The lowest BCUT2D eigenvalue weighted by Crippen LogP contribution is -2.40. The van der Waals surface area contributed by atoms with Gasteiger partial charge >= 0.3 is 0 Å². The van der Waals surface area contributed by atoms with Crippen LogP contribution in [0.5, 0.6) is 0 Å². The van der Waals surface area contributed by atoms with Crippen molar-refractivity contribution in [3.8, 4) is 11.3 Å². The first-order chi connectivity index (χ1) is 19.3. The number of anilines is 1. The number of pyridine rings is 1. The number of halogens is 3. The number of aliphatic hydroxyl groups is 1. The van der Waals surface area contributed by atoms with Crippen LogP contribution >= 0.6 is 11.6 Å². The fraction of sp³-hybridized carbons (Fsp3) is 0.370. The number of carbonyl (C=O) groups excluding carboxylic acids is 2.